The molecule has 0 amide bonds. The molecule has 0 radical (unpaired) electrons. The molecule has 2 aromatic carbocycles. The number of fused-ring (bicyclic) bond motifs is 1. The van der Waals surface area contributed by atoms with E-state index in [0.29, 0.717) is 23.0 Å². The van der Waals surface area contributed by atoms with Crippen molar-refractivity contribution in [1.29, 1.82) is 0 Å². The topological polar surface area (TPSA) is 67.5 Å². The van der Waals surface area contributed by atoms with Crippen LogP contribution < -0.4 is 4.72 Å². The molecule has 0 saturated carbocycles. The van der Waals surface area contributed by atoms with Gasteiger partial charge < -0.3 is 4.42 Å². The van der Waals surface area contributed by atoms with Crippen LogP contribution in [-0.2, 0) is 16.7 Å². The molecule has 1 N–H and O–H groups in total. The zero-order chi connectivity index (χ0) is 18.2. The van der Waals surface area contributed by atoms with E-state index in [9.17, 15) is 8.42 Å². The van der Waals surface area contributed by atoms with E-state index in [1.807, 2.05) is 19.0 Å². The van der Waals surface area contributed by atoms with E-state index in [-0.39, 0.29) is 9.73 Å². The van der Waals surface area contributed by atoms with E-state index in [1.165, 1.54) is 12.1 Å². The molecule has 9 heteroatoms. The lowest BCUT2D eigenvalue weighted by Gasteiger charge is -2.11. The minimum Gasteiger partial charge on any atom is -0.429 e. The summed E-state index contributed by atoms with van der Waals surface area (Å²) in [5, 5.41) is 0.321. The van der Waals surface area contributed by atoms with Gasteiger partial charge in [0, 0.05) is 6.07 Å². The molecule has 0 aliphatic rings. The summed E-state index contributed by atoms with van der Waals surface area (Å²) >= 11 is 11.2. The SMILES string of the molecule is CN(C)Cn1c(=S)oc2cc(S(=O)(=O)Nc3ccccc3Cl)ccc21. The smallest absolute Gasteiger partial charge is 0.270 e. The fraction of sp³-hybridized carbons (Fsp3) is 0.188. The molecule has 0 aliphatic heterocycles. The van der Waals surface area contributed by atoms with Gasteiger partial charge in [0.2, 0.25) is 0 Å². The second-order valence-corrected chi connectivity index (χ2v) is 8.17. The molecule has 0 unspecified atom stereocenters. The van der Waals surface area contributed by atoms with E-state index >= 15 is 0 Å². The van der Waals surface area contributed by atoms with Crippen molar-refractivity contribution in [3.8, 4) is 0 Å². The number of benzene rings is 2. The lowest BCUT2D eigenvalue weighted by Crippen LogP contribution is -2.16. The molecule has 0 bridgehead atoms. The first-order valence-electron chi connectivity index (χ1n) is 7.33. The van der Waals surface area contributed by atoms with Crippen LogP contribution in [0, 0.1) is 4.84 Å². The van der Waals surface area contributed by atoms with Gasteiger partial charge in [0.05, 0.1) is 27.8 Å². The number of hydrogen-bond acceptors (Lipinski definition) is 5. The minimum atomic E-state index is -3.80. The fourth-order valence-electron chi connectivity index (χ4n) is 2.38. The third-order valence-corrected chi connectivity index (χ3v) is 5.49. The molecule has 6 nitrogen and oxygen atoms in total. The maximum absolute atomic E-state index is 12.6. The molecular formula is C16H16ClN3O3S2. The zero-order valence-electron chi connectivity index (χ0n) is 13.6. The molecule has 25 heavy (non-hydrogen) atoms. The number of sulfonamides is 1. The molecule has 0 fully saturated rings. The number of aromatic nitrogens is 1. The number of anilines is 1. The fourth-order valence-corrected chi connectivity index (χ4v) is 3.96. The van der Waals surface area contributed by atoms with Crippen LogP contribution in [0.3, 0.4) is 0 Å². The quantitative estimate of drug-likeness (QED) is 0.660. The third-order valence-electron chi connectivity index (χ3n) is 3.49. The van der Waals surface area contributed by atoms with Gasteiger partial charge in [-0.15, -0.1) is 0 Å². The van der Waals surface area contributed by atoms with E-state index in [2.05, 4.69) is 4.72 Å². The van der Waals surface area contributed by atoms with Crippen molar-refractivity contribution in [3.63, 3.8) is 0 Å². The zero-order valence-corrected chi connectivity index (χ0v) is 16.0. The Labute approximate surface area is 155 Å². The van der Waals surface area contributed by atoms with Crippen LogP contribution in [-0.4, -0.2) is 32.0 Å². The summed E-state index contributed by atoms with van der Waals surface area (Å²) in [6.07, 6.45) is 0. The van der Waals surface area contributed by atoms with E-state index < -0.39 is 10.0 Å². The Bertz CT molecular complexity index is 1090. The summed E-state index contributed by atoms with van der Waals surface area (Å²) < 4.78 is 35.0. The van der Waals surface area contributed by atoms with Gasteiger partial charge in [0.1, 0.15) is 0 Å². The minimum absolute atomic E-state index is 0.0701. The van der Waals surface area contributed by atoms with Crippen molar-refractivity contribution in [2.75, 3.05) is 18.8 Å². The highest BCUT2D eigenvalue weighted by atomic mass is 35.5. The Kier molecular flexibility index (Phi) is 4.88. The van der Waals surface area contributed by atoms with Crippen molar-refractivity contribution in [1.82, 2.24) is 9.47 Å². The molecule has 1 aromatic heterocycles. The van der Waals surface area contributed by atoms with Crippen LogP contribution >= 0.6 is 23.8 Å². The van der Waals surface area contributed by atoms with Gasteiger partial charge in [0.25, 0.3) is 14.9 Å². The highest BCUT2D eigenvalue weighted by molar-refractivity contribution is 7.92. The Morgan fingerprint density at radius 2 is 1.96 bits per heavy atom. The maximum atomic E-state index is 12.6. The predicted octanol–water partition coefficient (Wildman–Crippen LogP) is 3.94. The number of oxazole rings is 1. The number of halogens is 1. The lowest BCUT2D eigenvalue weighted by molar-refractivity contribution is 0.320. The van der Waals surface area contributed by atoms with E-state index in [4.69, 9.17) is 28.2 Å². The van der Waals surface area contributed by atoms with Gasteiger partial charge in [-0.3, -0.25) is 14.2 Å². The predicted molar refractivity (Wildman–Crippen MR) is 101 cm³/mol. The number of nitrogens with one attached hydrogen (secondary N) is 1. The number of hydrogen-bond donors (Lipinski definition) is 1. The largest absolute Gasteiger partial charge is 0.429 e. The third kappa shape index (κ3) is 3.72. The lowest BCUT2D eigenvalue weighted by atomic mass is 10.3. The van der Waals surface area contributed by atoms with Gasteiger partial charge in [-0.2, -0.15) is 0 Å². The normalized spacial score (nSPS) is 12.0. The summed E-state index contributed by atoms with van der Waals surface area (Å²) in [6, 6.07) is 11.3. The molecule has 3 rings (SSSR count). The Balaban J connectivity index is 2.01. The van der Waals surface area contributed by atoms with E-state index in [1.54, 1.807) is 34.9 Å². The van der Waals surface area contributed by atoms with Crippen LogP contribution in [0.25, 0.3) is 11.1 Å². The van der Waals surface area contributed by atoms with Crippen LogP contribution in [0.5, 0.6) is 0 Å². The summed E-state index contributed by atoms with van der Waals surface area (Å²) in [5.74, 6) is 0. The molecule has 132 valence electrons. The highest BCUT2D eigenvalue weighted by Crippen LogP contribution is 2.26. The molecule has 0 aliphatic carbocycles. The van der Waals surface area contributed by atoms with Gasteiger partial charge in [-0.1, -0.05) is 23.7 Å². The van der Waals surface area contributed by atoms with Crippen LogP contribution in [0.4, 0.5) is 5.69 Å². The molecule has 0 spiro atoms. The van der Waals surface area contributed by atoms with Crippen molar-refractivity contribution in [2.24, 2.45) is 0 Å². The number of rotatable bonds is 5. The van der Waals surface area contributed by atoms with Gasteiger partial charge in [-0.05, 0) is 50.6 Å². The molecule has 3 aromatic rings. The average Bonchev–Trinajstić information content (AvgIpc) is 2.84. The monoisotopic (exact) mass is 397 g/mol. The summed E-state index contributed by atoms with van der Waals surface area (Å²) in [7, 11) is 0.0173. The van der Waals surface area contributed by atoms with Crippen molar-refractivity contribution >= 4 is 50.6 Å². The Morgan fingerprint density at radius 1 is 1.24 bits per heavy atom. The van der Waals surface area contributed by atoms with Gasteiger partial charge >= 0.3 is 0 Å². The summed E-state index contributed by atoms with van der Waals surface area (Å²) in [4.78, 5) is 2.30. The van der Waals surface area contributed by atoms with Crippen molar-refractivity contribution in [3.05, 3.63) is 52.3 Å². The Hall–Kier alpha value is -1.87. The van der Waals surface area contributed by atoms with Gasteiger partial charge in [-0.25, -0.2) is 8.42 Å². The number of para-hydroxylation sites is 1. The van der Waals surface area contributed by atoms with Crippen molar-refractivity contribution < 1.29 is 12.8 Å². The van der Waals surface area contributed by atoms with Crippen LogP contribution in [0.15, 0.2) is 51.8 Å². The number of nitrogens with zero attached hydrogens (tertiary/aromatic N) is 2. The van der Waals surface area contributed by atoms with Crippen LogP contribution in [0.2, 0.25) is 5.02 Å². The first-order valence-corrected chi connectivity index (χ1v) is 9.60. The first kappa shape index (κ1) is 17.9. The average molecular weight is 398 g/mol. The Morgan fingerprint density at radius 3 is 2.64 bits per heavy atom. The van der Waals surface area contributed by atoms with Crippen LogP contribution in [0.1, 0.15) is 0 Å². The molecule has 0 saturated heterocycles. The standard InChI is InChI=1S/C16H16ClN3O3S2/c1-19(2)10-20-14-8-7-11(9-15(14)23-16(20)24)25(21,22)18-13-6-4-3-5-12(13)17/h3-9,18H,10H2,1-2H3. The first-order chi connectivity index (χ1) is 11.8. The maximum Gasteiger partial charge on any atom is 0.270 e. The van der Waals surface area contributed by atoms with Gasteiger partial charge in [0.15, 0.2) is 5.58 Å². The van der Waals surface area contributed by atoms with E-state index in [0.717, 1.165) is 5.52 Å². The summed E-state index contributed by atoms with van der Waals surface area (Å²) in [6.45, 7) is 0.538. The highest BCUT2D eigenvalue weighted by Gasteiger charge is 2.18. The second-order valence-electron chi connectivity index (χ2n) is 5.73. The summed E-state index contributed by atoms with van der Waals surface area (Å²) in [5.41, 5.74) is 1.46. The molecule has 0 atom stereocenters. The molecule has 1 heterocycles. The second kappa shape index (κ2) is 6.80. The van der Waals surface area contributed by atoms with Crippen molar-refractivity contribution in [2.45, 2.75) is 11.6 Å². The molecular weight excluding hydrogens is 382 g/mol.